The number of nitrogens with zero attached hydrogens (tertiary/aromatic N) is 4. The number of hydrogen-bond acceptors (Lipinski definition) is 3. The maximum Gasteiger partial charge on any atom is 0.329 e. The SMILES string of the molecule is CN(C)C(=NCc1cccc(N2C(=O)NC3(CCCC3)C2=O)c1)N(C)C. The van der Waals surface area contributed by atoms with Crippen molar-refractivity contribution in [3.8, 4) is 0 Å². The molecule has 1 aromatic carbocycles. The molecule has 0 bridgehead atoms. The summed E-state index contributed by atoms with van der Waals surface area (Å²) in [6.45, 7) is 0.480. The van der Waals surface area contributed by atoms with Gasteiger partial charge in [0, 0.05) is 28.2 Å². The number of amides is 3. The van der Waals surface area contributed by atoms with Crippen molar-refractivity contribution >= 4 is 23.6 Å². The number of imide groups is 1. The summed E-state index contributed by atoms with van der Waals surface area (Å²) in [5.74, 6) is 0.734. The van der Waals surface area contributed by atoms with Gasteiger partial charge in [-0.05, 0) is 30.5 Å². The second kappa shape index (κ2) is 6.97. The zero-order valence-corrected chi connectivity index (χ0v) is 16.0. The topological polar surface area (TPSA) is 68.2 Å². The van der Waals surface area contributed by atoms with Crippen LogP contribution in [0.4, 0.5) is 10.5 Å². The summed E-state index contributed by atoms with van der Waals surface area (Å²) in [5.41, 5.74) is 0.880. The van der Waals surface area contributed by atoms with E-state index in [0.717, 1.165) is 37.2 Å². The summed E-state index contributed by atoms with van der Waals surface area (Å²) in [5, 5.41) is 2.92. The van der Waals surface area contributed by atoms with E-state index < -0.39 is 5.54 Å². The monoisotopic (exact) mass is 357 g/mol. The third-order valence-electron chi connectivity index (χ3n) is 4.99. The fourth-order valence-electron chi connectivity index (χ4n) is 3.81. The van der Waals surface area contributed by atoms with Crippen LogP contribution in [-0.2, 0) is 11.3 Å². The first-order chi connectivity index (χ1) is 12.3. The number of anilines is 1. The van der Waals surface area contributed by atoms with Crippen molar-refractivity contribution in [3.05, 3.63) is 29.8 Å². The molecule has 0 radical (unpaired) electrons. The van der Waals surface area contributed by atoms with Crippen LogP contribution < -0.4 is 10.2 Å². The van der Waals surface area contributed by atoms with Crippen molar-refractivity contribution < 1.29 is 9.59 Å². The van der Waals surface area contributed by atoms with E-state index in [9.17, 15) is 9.59 Å². The van der Waals surface area contributed by atoms with Crippen molar-refractivity contribution in [3.63, 3.8) is 0 Å². The summed E-state index contributed by atoms with van der Waals surface area (Å²) in [6.07, 6.45) is 3.42. The minimum atomic E-state index is -0.686. The first-order valence-electron chi connectivity index (χ1n) is 8.99. The van der Waals surface area contributed by atoms with Crippen LogP contribution in [0.15, 0.2) is 29.3 Å². The Kier molecular flexibility index (Phi) is 4.89. The highest BCUT2D eigenvalue weighted by Gasteiger charge is 2.52. The van der Waals surface area contributed by atoms with Crippen LogP contribution in [0.1, 0.15) is 31.2 Å². The van der Waals surface area contributed by atoms with Gasteiger partial charge in [-0.1, -0.05) is 25.0 Å². The minimum Gasteiger partial charge on any atom is -0.349 e. The van der Waals surface area contributed by atoms with Crippen molar-refractivity contribution in [1.82, 2.24) is 15.1 Å². The largest absolute Gasteiger partial charge is 0.349 e. The number of benzene rings is 1. The second-order valence-electron chi connectivity index (χ2n) is 7.43. The second-order valence-corrected chi connectivity index (χ2v) is 7.43. The van der Waals surface area contributed by atoms with Crippen LogP contribution in [0.2, 0.25) is 0 Å². The van der Waals surface area contributed by atoms with Gasteiger partial charge < -0.3 is 15.1 Å². The molecule has 1 aromatic rings. The number of nitrogens with one attached hydrogen (secondary N) is 1. The Hall–Kier alpha value is -2.57. The molecule has 0 unspecified atom stereocenters. The first-order valence-corrected chi connectivity index (χ1v) is 8.99. The fraction of sp³-hybridized carbons (Fsp3) is 0.526. The van der Waals surface area contributed by atoms with E-state index >= 15 is 0 Å². The van der Waals surface area contributed by atoms with Gasteiger partial charge in [-0.15, -0.1) is 0 Å². The van der Waals surface area contributed by atoms with E-state index in [1.165, 1.54) is 4.90 Å². The van der Waals surface area contributed by atoms with Crippen LogP contribution in [0.3, 0.4) is 0 Å². The molecule has 3 amide bonds. The standard InChI is InChI=1S/C19H27N5O2/c1-22(2)17(23(3)4)20-13-14-8-7-9-15(12-14)24-16(25)19(21-18(24)26)10-5-6-11-19/h7-9,12H,5-6,10-11,13H2,1-4H3,(H,21,26). The zero-order chi connectivity index (χ0) is 18.9. The molecule has 26 heavy (non-hydrogen) atoms. The molecule has 1 heterocycles. The van der Waals surface area contributed by atoms with Crippen LogP contribution >= 0.6 is 0 Å². The van der Waals surface area contributed by atoms with Crippen LogP contribution in [0.25, 0.3) is 0 Å². The third kappa shape index (κ3) is 3.25. The number of carbonyl (C=O) groups excluding carboxylic acids is 2. The number of guanidine groups is 1. The lowest BCUT2D eigenvalue weighted by Crippen LogP contribution is -2.44. The van der Waals surface area contributed by atoms with Crippen LogP contribution in [-0.4, -0.2) is 61.4 Å². The number of carbonyl (C=O) groups is 2. The summed E-state index contributed by atoms with van der Waals surface area (Å²) < 4.78 is 0. The van der Waals surface area contributed by atoms with Gasteiger partial charge in [-0.25, -0.2) is 14.7 Å². The molecular formula is C19H27N5O2. The van der Waals surface area contributed by atoms with Gasteiger partial charge in [-0.2, -0.15) is 0 Å². The van der Waals surface area contributed by atoms with E-state index in [1.54, 1.807) is 6.07 Å². The lowest BCUT2D eigenvalue weighted by atomic mass is 9.98. The lowest BCUT2D eigenvalue weighted by Gasteiger charge is -2.22. The highest BCUT2D eigenvalue weighted by molar-refractivity contribution is 6.23. The number of hydrogen-bond donors (Lipinski definition) is 1. The molecule has 2 fully saturated rings. The normalized spacial score (nSPS) is 18.2. The molecule has 2 aliphatic rings. The molecule has 1 aliphatic carbocycles. The highest BCUT2D eigenvalue weighted by Crippen LogP contribution is 2.37. The molecule has 1 aliphatic heterocycles. The highest BCUT2D eigenvalue weighted by atomic mass is 16.2. The van der Waals surface area contributed by atoms with Gasteiger partial charge in [-0.3, -0.25) is 4.79 Å². The summed E-state index contributed by atoms with van der Waals surface area (Å²) in [4.78, 5) is 35.2. The Morgan fingerprint density at radius 3 is 2.42 bits per heavy atom. The van der Waals surface area contributed by atoms with Gasteiger partial charge in [0.1, 0.15) is 5.54 Å². The molecule has 0 aromatic heterocycles. The van der Waals surface area contributed by atoms with E-state index in [1.807, 2.05) is 56.2 Å². The Balaban J connectivity index is 1.82. The number of aliphatic imine (C=N–C) groups is 1. The van der Waals surface area contributed by atoms with E-state index in [0.29, 0.717) is 12.2 Å². The molecule has 3 rings (SSSR count). The van der Waals surface area contributed by atoms with Gasteiger partial charge in [0.15, 0.2) is 5.96 Å². The molecule has 140 valence electrons. The van der Waals surface area contributed by atoms with Gasteiger partial charge in [0.2, 0.25) is 0 Å². The predicted molar refractivity (Wildman–Crippen MR) is 102 cm³/mol. The smallest absolute Gasteiger partial charge is 0.329 e. The van der Waals surface area contributed by atoms with Gasteiger partial charge in [0.05, 0.1) is 12.2 Å². The number of rotatable bonds is 3. The van der Waals surface area contributed by atoms with Gasteiger partial charge in [0.25, 0.3) is 5.91 Å². The average Bonchev–Trinajstić information content (AvgIpc) is 3.13. The van der Waals surface area contributed by atoms with Gasteiger partial charge >= 0.3 is 6.03 Å². The van der Waals surface area contributed by atoms with Crippen molar-refractivity contribution in [2.24, 2.45) is 4.99 Å². The van der Waals surface area contributed by atoms with E-state index in [-0.39, 0.29) is 11.9 Å². The Labute approximate surface area is 154 Å². The van der Waals surface area contributed by atoms with E-state index in [4.69, 9.17) is 0 Å². The van der Waals surface area contributed by atoms with E-state index in [2.05, 4.69) is 10.3 Å². The molecule has 1 N–H and O–H groups in total. The minimum absolute atomic E-state index is 0.122. The lowest BCUT2D eigenvalue weighted by molar-refractivity contribution is -0.121. The quantitative estimate of drug-likeness (QED) is 0.511. The summed E-state index contributed by atoms with van der Waals surface area (Å²) >= 11 is 0. The zero-order valence-electron chi connectivity index (χ0n) is 16.0. The molecule has 1 saturated carbocycles. The van der Waals surface area contributed by atoms with Crippen LogP contribution in [0.5, 0.6) is 0 Å². The fourth-order valence-corrected chi connectivity index (χ4v) is 3.81. The average molecular weight is 357 g/mol. The van der Waals surface area contributed by atoms with Crippen molar-refractivity contribution in [2.75, 3.05) is 33.1 Å². The molecule has 7 nitrogen and oxygen atoms in total. The molecule has 7 heteroatoms. The molecule has 0 atom stereocenters. The summed E-state index contributed by atoms with van der Waals surface area (Å²) in [6, 6.07) is 7.18. The Morgan fingerprint density at radius 2 is 1.81 bits per heavy atom. The third-order valence-corrected chi connectivity index (χ3v) is 4.99. The molecule has 1 saturated heterocycles. The summed E-state index contributed by atoms with van der Waals surface area (Å²) in [7, 11) is 7.79. The maximum atomic E-state index is 12.9. The Bertz CT molecular complexity index is 725. The number of urea groups is 1. The van der Waals surface area contributed by atoms with Crippen molar-refractivity contribution in [2.45, 2.75) is 37.8 Å². The first kappa shape index (κ1) is 18.2. The van der Waals surface area contributed by atoms with Crippen LogP contribution in [0, 0.1) is 0 Å². The molecule has 1 spiro atoms. The predicted octanol–water partition coefficient (Wildman–Crippen LogP) is 2.03. The van der Waals surface area contributed by atoms with Crippen molar-refractivity contribution in [1.29, 1.82) is 0 Å². The molecular weight excluding hydrogens is 330 g/mol. The maximum absolute atomic E-state index is 12.9. The Morgan fingerprint density at radius 1 is 1.15 bits per heavy atom.